The molecule has 0 unspecified atom stereocenters. The fourth-order valence-corrected chi connectivity index (χ4v) is 2.97. The summed E-state index contributed by atoms with van der Waals surface area (Å²) in [5, 5.41) is 3.04. The number of nitrogens with one attached hydrogen (secondary N) is 1. The van der Waals surface area contributed by atoms with Gasteiger partial charge in [-0.2, -0.15) is 0 Å². The van der Waals surface area contributed by atoms with E-state index in [4.69, 9.17) is 5.73 Å². The number of aryl methyl sites for hydroxylation is 1. The molecule has 0 heterocycles. The number of carbonyl (C=O) groups is 1. The second-order valence-electron chi connectivity index (χ2n) is 8.92. The molecule has 1 aromatic carbocycles. The van der Waals surface area contributed by atoms with E-state index >= 15 is 0 Å². The fourth-order valence-electron chi connectivity index (χ4n) is 2.97. The van der Waals surface area contributed by atoms with E-state index < -0.39 is 5.41 Å². The first-order valence-electron chi connectivity index (χ1n) is 9.12. The van der Waals surface area contributed by atoms with Gasteiger partial charge in [0, 0.05) is 17.0 Å². The van der Waals surface area contributed by atoms with Crippen LogP contribution < -0.4 is 11.1 Å². The summed E-state index contributed by atoms with van der Waals surface area (Å²) in [6.45, 7) is 16.6. The Kier molecular flexibility index (Phi) is 6.81. The molecule has 0 aliphatic rings. The highest BCUT2D eigenvalue weighted by Crippen LogP contribution is 2.34. The third-order valence-electron chi connectivity index (χ3n) is 4.42. The molecule has 4 heteroatoms. The first-order valence-corrected chi connectivity index (χ1v) is 9.12. The molecule has 0 radical (unpaired) electrons. The van der Waals surface area contributed by atoms with E-state index in [0.29, 0.717) is 5.84 Å². The Morgan fingerprint density at radius 3 is 2.36 bits per heavy atom. The van der Waals surface area contributed by atoms with Crippen molar-refractivity contribution in [3.05, 3.63) is 23.8 Å². The number of amides is 1. The number of hydrogen-bond donors (Lipinski definition) is 2. The highest BCUT2D eigenvalue weighted by Gasteiger charge is 2.32. The molecular formula is C21H35N3O. The van der Waals surface area contributed by atoms with Gasteiger partial charge in [0.1, 0.15) is 5.84 Å². The Morgan fingerprint density at radius 2 is 1.84 bits per heavy atom. The van der Waals surface area contributed by atoms with Gasteiger partial charge in [-0.25, -0.2) is 4.99 Å². The molecule has 0 spiro atoms. The molecule has 1 rings (SSSR count). The molecule has 1 atom stereocenters. The van der Waals surface area contributed by atoms with Crippen LogP contribution in [0.2, 0.25) is 0 Å². The molecule has 1 amide bonds. The summed E-state index contributed by atoms with van der Waals surface area (Å²) in [4.78, 5) is 17.3. The second-order valence-corrected chi connectivity index (χ2v) is 8.92. The van der Waals surface area contributed by atoms with Gasteiger partial charge >= 0.3 is 0 Å². The molecular weight excluding hydrogens is 310 g/mol. The minimum atomic E-state index is -0.442. The van der Waals surface area contributed by atoms with Gasteiger partial charge in [0.25, 0.3) is 0 Å². The van der Waals surface area contributed by atoms with Crippen LogP contribution in [0.4, 0.5) is 11.4 Å². The molecule has 0 saturated carbocycles. The first kappa shape index (κ1) is 21.2. The quantitative estimate of drug-likeness (QED) is 0.533. The van der Waals surface area contributed by atoms with Crippen molar-refractivity contribution in [2.45, 2.75) is 68.2 Å². The summed E-state index contributed by atoms with van der Waals surface area (Å²) < 4.78 is 0. The Balaban J connectivity index is 3.01. The van der Waals surface area contributed by atoms with E-state index in [1.807, 2.05) is 39.0 Å². The summed E-state index contributed by atoms with van der Waals surface area (Å²) in [7, 11) is 0. The fraction of sp³-hybridized carbons (Fsp3) is 0.619. The molecule has 1 aromatic rings. The van der Waals surface area contributed by atoms with Crippen LogP contribution in [0.15, 0.2) is 23.2 Å². The second kappa shape index (κ2) is 8.03. The maximum absolute atomic E-state index is 12.7. The van der Waals surface area contributed by atoms with Crippen LogP contribution in [0.3, 0.4) is 0 Å². The van der Waals surface area contributed by atoms with Crippen molar-refractivity contribution >= 4 is 23.1 Å². The summed E-state index contributed by atoms with van der Waals surface area (Å²) in [5.41, 5.74) is 8.34. The maximum atomic E-state index is 12.7. The molecule has 4 nitrogen and oxygen atoms in total. The molecule has 3 N–H and O–H groups in total. The van der Waals surface area contributed by atoms with Crippen LogP contribution in [0.5, 0.6) is 0 Å². The summed E-state index contributed by atoms with van der Waals surface area (Å²) >= 11 is 0. The van der Waals surface area contributed by atoms with Gasteiger partial charge in [-0.3, -0.25) is 4.79 Å². The van der Waals surface area contributed by atoms with Crippen LogP contribution in [-0.2, 0) is 4.79 Å². The predicted molar refractivity (Wildman–Crippen MR) is 108 cm³/mol. The molecule has 0 bridgehead atoms. The monoisotopic (exact) mass is 345 g/mol. The minimum absolute atomic E-state index is 0.0242. The number of benzene rings is 1. The van der Waals surface area contributed by atoms with Crippen molar-refractivity contribution in [2.75, 3.05) is 5.32 Å². The molecule has 0 aliphatic heterocycles. The number of carbonyl (C=O) groups excluding carboxylic acids is 1. The largest absolute Gasteiger partial charge is 0.387 e. The van der Waals surface area contributed by atoms with Crippen molar-refractivity contribution in [3.8, 4) is 0 Å². The van der Waals surface area contributed by atoms with Crippen molar-refractivity contribution in [3.63, 3.8) is 0 Å². The molecule has 0 aliphatic carbocycles. The zero-order valence-electron chi connectivity index (χ0n) is 17.2. The smallest absolute Gasteiger partial charge is 0.230 e. The average molecular weight is 346 g/mol. The SMILES string of the molecule is CC[C@H](C)/C(N)=N\c1cc(NC(=O)C(C)(C)CC(C)(C)C)ccc1C. The van der Waals surface area contributed by atoms with E-state index in [1.54, 1.807) is 0 Å². The van der Waals surface area contributed by atoms with Crippen molar-refractivity contribution < 1.29 is 4.79 Å². The van der Waals surface area contributed by atoms with E-state index in [0.717, 1.165) is 29.8 Å². The van der Waals surface area contributed by atoms with Gasteiger partial charge in [0.05, 0.1) is 5.69 Å². The van der Waals surface area contributed by atoms with Gasteiger partial charge in [-0.1, -0.05) is 54.5 Å². The zero-order chi connectivity index (χ0) is 19.4. The van der Waals surface area contributed by atoms with Gasteiger partial charge in [0.15, 0.2) is 0 Å². The summed E-state index contributed by atoms with van der Waals surface area (Å²) in [6.07, 6.45) is 1.76. The van der Waals surface area contributed by atoms with Crippen LogP contribution in [0.25, 0.3) is 0 Å². The van der Waals surface area contributed by atoms with Crippen LogP contribution in [0, 0.1) is 23.7 Å². The van der Waals surface area contributed by atoms with Crippen molar-refractivity contribution in [2.24, 2.45) is 27.5 Å². The standard InChI is InChI=1S/C21H35N3O/c1-9-14(2)18(22)24-17-12-16(11-10-15(17)3)23-19(25)21(7,8)13-20(4,5)6/h10-12,14H,9,13H2,1-8H3,(H2,22,24)(H,23,25)/t14-/m0/s1. The van der Waals surface area contributed by atoms with Crippen LogP contribution in [-0.4, -0.2) is 11.7 Å². The number of rotatable bonds is 6. The number of anilines is 1. The number of hydrogen-bond acceptors (Lipinski definition) is 2. The third-order valence-corrected chi connectivity index (χ3v) is 4.42. The molecule has 0 aromatic heterocycles. The average Bonchev–Trinajstić information content (AvgIpc) is 2.47. The van der Waals surface area contributed by atoms with E-state index in [1.165, 1.54) is 0 Å². The van der Waals surface area contributed by atoms with Gasteiger partial charge in [-0.15, -0.1) is 0 Å². The van der Waals surface area contributed by atoms with E-state index in [2.05, 4.69) is 44.9 Å². The Bertz CT molecular complexity index is 639. The number of nitrogens with zero attached hydrogens (tertiary/aromatic N) is 1. The topological polar surface area (TPSA) is 67.5 Å². The highest BCUT2D eigenvalue weighted by molar-refractivity contribution is 5.95. The molecule has 0 fully saturated rings. The zero-order valence-corrected chi connectivity index (χ0v) is 17.2. The molecule has 0 saturated heterocycles. The van der Waals surface area contributed by atoms with E-state index in [9.17, 15) is 4.79 Å². The maximum Gasteiger partial charge on any atom is 0.230 e. The van der Waals surface area contributed by atoms with Gasteiger partial charge in [-0.05, 0) is 42.9 Å². The Morgan fingerprint density at radius 1 is 1.24 bits per heavy atom. The number of aliphatic imine (C=N–C) groups is 1. The molecule has 25 heavy (non-hydrogen) atoms. The first-order chi connectivity index (χ1) is 11.4. The normalized spacial score (nSPS) is 14.3. The Hall–Kier alpha value is -1.84. The van der Waals surface area contributed by atoms with Gasteiger partial charge < -0.3 is 11.1 Å². The number of amidine groups is 1. The van der Waals surface area contributed by atoms with Crippen LogP contribution in [0.1, 0.15) is 66.9 Å². The lowest BCUT2D eigenvalue weighted by atomic mass is 9.75. The number of nitrogens with two attached hydrogens (primary N) is 1. The van der Waals surface area contributed by atoms with Crippen molar-refractivity contribution in [1.82, 2.24) is 0 Å². The third kappa shape index (κ3) is 6.52. The lowest BCUT2D eigenvalue weighted by Crippen LogP contribution is -2.34. The van der Waals surface area contributed by atoms with Gasteiger partial charge in [0.2, 0.25) is 5.91 Å². The van der Waals surface area contributed by atoms with Crippen molar-refractivity contribution in [1.29, 1.82) is 0 Å². The molecule has 140 valence electrons. The summed E-state index contributed by atoms with van der Waals surface area (Å²) in [5.74, 6) is 0.890. The summed E-state index contributed by atoms with van der Waals surface area (Å²) in [6, 6.07) is 5.78. The lowest BCUT2D eigenvalue weighted by Gasteiger charge is -2.31. The van der Waals surface area contributed by atoms with E-state index in [-0.39, 0.29) is 17.2 Å². The Labute approximate surface area is 153 Å². The highest BCUT2D eigenvalue weighted by atomic mass is 16.2. The minimum Gasteiger partial charge on any atom is -0.387 e. The lowest BCUT2D eigenvalue weighted by molar-refractivity contribution is -0.125. The predicted octanol–water partition coefficient (Wildman–Crippen LogP) is 5.43. The van der Waals surface area contributed by atoms with Crippen LogP contribution >= 0.6 is 0 Å².